The van der Waals surface area contributed by atoms with Gasteiger partial charge >= 0.3 is 0 Å². The molecule has 2 aromatic carbocycles. The Morgan fingerprint density at radius 2 is 1.79 bits per heavy atom. The van der Waals surface area contributed by atoms with Crippen LogP contribution in [0.1, 0.15) is 48.0 Å². The Kier molecular flexibility index (Phi) is 4.53. The first-order valence-corrected chi connectivity index (χ1v) is 10.5. The molecule has 2 bridgehead atoms. The highest BCUT2D eigenvalue weighted by molar-refractivity contribution is 6.30. The summed E-state index contributed by atoms with van der Waals surface area (Å²) >= 11 is 6.14. The smallest absolute Gasteiger partial charge is 0.142 e. The number of likely N-dealkylation sites (N-methyl/N-ethyl adjacent to an activating group) is 1. The molecule has 2 aliphatic heterocycles. The Labute approximate surface area is 171 Å². The molecule has 0 amide bonds. The Morgan fingerprint density at radius 3 is 2.54 bits per heavy atom. The minimum atomic E-state index is 0.316. The topological polar surface area (TPSA) is 29.3 Å². The van der Waals surface area contributed by atoms with Gasteiger partial charge in [0.15, 0.2) is 0 Å². The Morgan fingerprint density at radius 1 is 1.04 bits per heavy atom. The van der Waals surface area contributed by atoms with E-state index in [4.69, 9.17) is 16.1 Å². The van der Waals surface area contributed by atoms with Crippen molar-refractivity contribution in [2.45, 2.75) is 50.1 Å². The van der Waals surface area contributed by atoms with Crippen LogP contribution in [0.25, 0.3) is 11.3 Å². The molecule has 144 valence electrons. The summed E-state index contributed by atoms with van der Waals surface area (Å²) in [7, 11) is 2.27. The zero-order valence-electron chi connectivity index (χ0n) is 16.3. The molecule has 2 saturated heterocycles. The molecular formula is C24H25ClN2O. The van der Waals surface area contributed by atoms with Gasteiger partial charge in [-0.3, -0.25) is 4.90 Å². The molecular weight excluding hydrogens is 368 g/mol. The molecule has 4 heteroatoms. The number of aromatic nitrogens is 1. The summed E-state index contributed by atoms with van der Waals surface area (Å²) in [5.74, 6) is 1.76. The second-order valence-corrected chi connectivity index (χ2v) is 8.80. The van der Waals surface area contributed by atoms with Gasteiger partial charge in [0, 0.05) is 34.7 Å². The largest absolute Gasteiger partial charge is 0.360 e. The van der Waals surface area contributed by atoms with E-state index in [9.17, 15) is 0 Å². The summed E-state index contributed by atoms with van der Waals surface area (Å²) in [4.78, 5) is 2.56. The van der Waals surface area contributed by atoms with Crippen molar-refractivity contribution in [1.82, 2.24) is 10.1 Å². The highest BCUT2D eigenvalue weighted by Crippen LogP contribution is 2.51. The number of nitrogens with zero attached hydrogens (tertiary/aromatic N) is 2. The third-order valence-corrected chi connectivity index (χ3v) is 7.02. The van der Waals surface area contributed by atoms with E-state index in [1.54, 1.807) is 0 Å². The van der Waals surface area contributed by atoms with Crippen molar-refractivity contribution >= 4 is 11.6 Å². The molecule has 0 saturated carbocycles. The number of hydrogen-bond acceptors (Lipinski definition) is 3. The van der Waals surface area contributed by atoms with E-state index in [0.717, 1.165) is 28.5 Å². The lowest BCUT2D eigenvalue weighted by molar-refractivity contribution is 0.122. The van der Waals surface area contributed by atoms with Crippen LogP contribution in [0.2, 0.25) is 5.02 Å². The van der Waals surface area contributed by atoms with Crippen LogP contribution in [0.5, 0.6) is 0 Å². The highest BCUT2D eigenvalue weighted by Gasteiger charge is 2.48. The fourth-order valence-electron chi connectivity index (χ4n) is 5.21. The average Bonchev–Trinajstić information content (AvgIpc) is 3.26. The zero-order valence-corrected chi connectivity index (χ0v) is 17.1. The van der Waals surface area contributed by atoms with E-state index >= 15 is 0 Å². The van der Waals surface area contributed by atoms with Gasteiger partial charge in [0.05, 0.1) is 0 Å². The van der Waals surface area contributed by atoms with Crippen molar-refractivity contribution in [2.75, 3.05) is 7.05 Å². The predicted octanol–water partition coefficient (Wildman–Crippen LogP) is 6.04. The molecule has 0 aliphatic carbocycles. The number of piperidine rings is 1. The predicted molar refractivity (Wildman–Crippen MR) is 113 cm³/mol. The first kappa shape index (κ1) is 18.0. The number of benzene rings is 2. The van der Waals surface area contributed by atoms with Crippen LogP contribution in [-0.4, -0.2) is 29.2 Å². The molecule has 3 heterocycles. The SMILES string of the molecule is Cc1ccc(-c2cc([C@H]3C(c4ccc(Cl)cc4)C[C@H]4CCC3N4C)on2)cc1. The van der Waals surface area contributed by atoms with Crippen LogP contribution < -0.4 is 0 Å². The lowest BCUT2D eigenvalue weighted by Crippen LogP contribution is -2.44. The maximum absolute atomic E-state index is 6.14. The van der Waals surface area contributed by atoms with Gasteiger partial charge in [-0.1, -0.05) is 58.7 Å². The van der Waals surface area contributed by atoms with Crippen LogP contribution in [-0.2, 0) is 0 Å². The molecule has 0 spiro atoms. The van der Waals surface area contributed by atoms with Crippen LogP contribution in [0.15, 0.2) is 59.1 Å². The fourth-order valence-corrected chi connectivity index (χ4v) is 5.34. The molecule has 2 fully saturated rings. The zero-order chi connectivity index (χ0) is 19.3. The lowest BCUT2D eigenvalue weighted by Gasteiger charge is -2.42. The summed E-state index contributed by atoms with van der Waals surface area (Å²) in [5.41, 5.74) is 4.64. The van der Waals surface area contributed by atoms with Gasteiger partial charge in [0.1, 0.15) is 11.5 Å². The van der Waals surface area contributed by atoms with Crippen LogP contribution in [0, 0.1) is 6.92 Å². The molecule has 2 aliphatic rings. The van der Waals surface area contributed by atoms with Gasteiger partial charge in [0.25, 0.3) is 0 Å². The van der Waals surface area contributed by atoms with Crippen molar-refractivity contribution in [3.63, 3.8) is 0 Å². The van der Waals surface area contributed by atoms with Gasteiger partial charge in [-0.2, -0.15) is 0 Å². The summed E-state index contributed by atoms with van der Waals surface area (Å²) in [5, 5.41) is 5.22. The van der Waals surface area contributed by atoms with Crippen molar-refractivity contribution in [2.24, 2.45) is 0 Å². The maximum atomic E-state index is 6.14. The fraction of sp³-hybridized carbons (Fsp3) is 0.375. The second kappa shape index (κ2) is 7.06. The van der Waals surface area contributed by atoms with Gasteiger partial charge in [0.2, 0.25) is 0 Å². The Hall–Kier alpha value is -2.10. The van der Waals surface area contributed by atoms with Gasteiger partial charge in [-0.05, 0) is 56.8 Å². The molecule has 0 N–H and O–H groups in total. The highest BCUT2D eigenvalue weighted by atomic mass is 35.5. The summed E-state index contributed by atoms with van der Waals surface area (Å²) in [6, 6.07) is 20.2. The molecule has 28 heavy (non-hydrogen) atoms. The van der Waals surface area contributed by atoms with Crippen molar-refractivity contribution in [3.8, 4) is 11.3 Å². The van der Waals surface area contributed by atoms with Crippen LogP contribution >= 0.6 is 11.6 Å². The molecule has 5 rings (SSSR count). The Balaban J connectivity index is 1.53. The summed E-state index contributed by atoms with van der Waals surface area (Å²) < 4.78 is 5.96. The number of fused-ring (bicyclic) bond motifs is 2. The maximum Gasteiger partial charge on any atom is 0.142 e. The van der Waals surface area contributed by atoms with Gasteiger partial charge in [-0.25, -0.2) is 0 Å². The molecule has 2 unspecified atom stereocenters. The average molecular weight is 393 g/mol. The van der Waals surface area contributed by atoms with E-state index in [1.807, 2.05) is 12.1 Å². The second-order valence-electron chi connectivity index (χ2n) is 8.36. The summed E-state index contributed by atoms with van der Waals surface area (Å²) in [6.07, 6.45) is 3.64. The van der Waals surface area contributed by atoms with Crippen molar-refractivity contribution in [3.05, 3.63) is 76.5 Å². The van der Waals surface area contributed by atoms with Crippen molar-refractivity contribution in [1.29, 1.82) is 0 Å². The van der Waals surface area contributed by atoms with Crippen molar-refractivity contribution < 1.29 is 4.52 Å². The number of halogens is 1. The minimum Gasteiger partial charge on any atom is -0.360 e. The van der Waals surface area contributed by atoms with E-state index in [-0.39, 0.29) is 0 Å². The van der Waals surface area contributed by atoms with Gasteiger partial charge < -0.3 is 4.52 Å². The quantitative estimate of drug-likeness (QED) is 0.544. The molecule has 3 aromatic rings. The van der Waals surface area contributed by atoms with E-state index in [2.05, 4.69) is 66.5 Å². The van der Waals surface area contributed by atoms with Gasteiger partial charge in [-0.15, -0.1) is 0 Å². The third-order valence-electron chi connectivity index (χ3n) is 6.77. The first-order chi connectivity index (χ1) is 13.6. The Bertz CT molecular complexity index is 963. The molecule has 1 aromatic heterocycles. The summed E-state index contributed by atoms with van der Waals surface area (Å²) in [6.45, 7) is 2.10. The van der Waals surface area contributed by atoms with Crippen LogP contribution in [0.4, 0.5) is 0 Å². The number of rotatable bonds is 3. The standard InChI is InChI=1S/C24H25ClN2O/c1-15-3-5-17(6-4-15)21-14-23(28-26-21)24-20(16-7-9-18(25)10-8-16)13-19-11-12-22(24)27(19)2/h3-10,14,19-20,22,24H,11-13H2,1-2H3/t19-,20?,22?,24+/m1/s1. The van der Waals surface area contributed by atoms with E-state index < -0.39 is 0 Å². The molecule has 0 radical (unpaired) electrons. The number of aryl methyl sites for hydroxylation is 1. The third kappa shape index (κ3) is 3.07. The lowest BCUT2D eigenvalue weighted by atomic mass is 9.75. The molecule has 3 nitrogen and oxygen atoms in total. The minimum absolute atomic E-state index is 0.316. The van der Waals surface area contributed by atoms with Crippen LogP contribution in [0.3, 0.4) is 0 Å². The first-order valence-electron chi connectivity index (χ1n) is 10.1. The van der Waals surface area contributed by atoms with E-state index in [0.29, 0.717) is 23.9 Å². The normalized spacial score (nSPS) is 27.2. The number of hydrogen-bond donors (Lipinski definition) is 0. The molecule has 4 atom stereocenters. The van der Waals surface area contributed by atoms with E-state index in [1.165, 1.54) is 24.0 Å². The monoisotopic (exact) mass is 392 g/mol.